The molecule has 0 spiro atoms. The molecule has 210 valence electrons. The highest BCUT2D eigenvalue weighted by Crippen LogP contribution is 2.39. The van der Waals surface area contributed by atoms with Crippen molar-refractivity contribution in [3.8, 4) is 0 Å². The number of rotatable bonds is 7. The number of halogens is 3. The van der Waals surface area contributed by atoms with Gasteiger partial charge in [-0.3, -0.25) is 9.80 Å². The summed E-state index contributed by atoms with van der Waals surface area (Å²) in [7, 11) is 0. The molecule has 1 saturated heterocycles. The SMILES string of the molecule is CCOC(=O)C1=C(CN2CCN(C(=O)NC(C)C)[C@@H](C)C2)N(CC)C(=O)N[C@@H]1c1ccccc1C(F)(F)F. The first kappa shape index (κ1) is 29.3. The molecule has 1 aromatic carbocycles. The van der Waals surface area contributed by atoms with Gasteiger partial charge in [-0.25, -0.2) is 14.4 Å². The van der Waals surface area contributed by atoms with Crippen molar-refractivity contribution in [2.45, 2.75) is 58.9 Å². The molecule has 0 saturated carbocycles. The van der Waals surface area contributed by atoms with Crippen LogP contribution in [0, 0.1) is 0 Å². The number of hydrogen-bond acceptors (Lipinski definition) is 5. The average molecular weight is 540 g/mol. The summed E-state index contributed by atoms with van der Waals surface area (Å²) in [6.07, 6.45) is -4.69. The number of esters is 1. The van der Waals surface area contributed by atoms with Crippen molar-refractivity contribution in [1.29, 1.82) is 0 Å². The topological polar surface area (TPSA) is 94.2 Å². The van der Waals surface area contributed by atoms with E-state index in [9.17, 15) is 27.6 Å². The van der Waals surface area contributed by atoms with Crippen molar-refractivity contribution in [2.75, 3.05) is 39.3 Å². The fourth-order valence-electron chi connectivity index (χ4n) is 4.92. The molecule has 2 atom stereocenters. The third-order valence-electron chi connectivity index (χ3n) is 6.59. The maximum absolute atomic E-state index is 13.9. The fourth-order valence-corrected chi connectivity index (χ4v) is 4.92. The molecule has 1 fully saturated rings. The number of nitrogens with one attached hydrogen (secondary N) is 2. The number of carbonyl (C=O) groups is 3. The molecule has 0 aromatic heterocycles. The van der Waals surface area contributed by atoms with Gasteiger partial charge in [0.15, 0.2) is 0 Å². The summed E-state index contributed by atoms with van der Waals surface area (Å²) in [4.78, 5) is 44.0. The van der Waals surface area contributed by atoms with Crippen molar-refractivity contribution < 1.29 is 32.3 Å². The number of ether oxygens (including phenoxy) is 1. The first-order valence-electron chi connectivity index (χ1n) is 12.8. The molecule has 2 heterocycles. The van der Waals surface area contributed by atoms with Crippen LogP contribution in [0.25, 0.3) is 0 Å². The van der Waals surface area contributed by atoms with Gasteiger partial charge in [0.25, 0.3) is 0 Å². The van der Waals surface area contributed by atoms with Crippen molar-refractivity contribution in [1.82, 2.24) is 25.3 Å². The standard InChI is InChI=1S/C26H36F3N5O4/c1-6-33-20(15-32-12-13-34(17(5)14-32)24(36)30-16(3)4)21(23(35)38-7-2)22(31-25(33)37)18-10-8-9-11-19(18)26(27,28)29/h8-11,16-17,22H,6-7,12-15H2,1-5H3,(H,30,36)(H,31,37)/t17-,22+/m0/s1. The maximum Gasteiger partial charge on any atom is 0.416 e. The minimum absolute atomic E-state index is 0.0135. The van der Waals surface area contributed by atoms with Crippen LogP contribution in [-0.2, 0) is 15.7 Å². The van der Waals surface area contributed by atoms with Gasteiger partial charge < -0.3 is 20.3 Å². The third kappa shape index (κ3) is 6.40. The van der Waals surface area contributed by atoms with Crippen LogP contribution in [0.3, 0.4) is 0 Å². The molecule has 0 bridgehead atoms. The Morgan fingerprint density at radius 1 is 1.18 bits per heavy atom. The Morgan fingerprint density at radius 2 is 1.87 bits per heavy atom. The lowest BCUT2D eigenvalue weighted by Gasteiger charge is -2.43. The molecule has 0 radical (unpaired) electrons. The van der Waals surface area contributed by atoms with Crippen LogP contribution in [-0.4, -0.2) is 84.1 Å². The van der Waals surface area contributed by atoms with E-state index in [2.05, 4.69) is 10.6 Å². The van der Waals surface area contributed by atoms with Crippen LogP contribution < -0.4 is 10.6 Å². The largest absolute Gasteiger partial charge is 0.463 e. The van der Waals surface area contributed by atoms with Crippen LogP contribution in [0.4, 0.5) is 22.8 Å². The molecule has 12 heteroatoms. The van der Waals surface area contributed by atoms with E-state index >= 15 is 0 Å². The summed E-state index contributed by atoms with van der Waals surface area (Å²) in [5.41, 5.74) is -0.899. The Labute approximate surface area is 221 Å². The highest BCUT2D eigenvalue weighted by Gasteiger charge is 2.43. The van der Waals surface area contributed by atoms with Gasteiger partial charge in [0.1, 0.15) is 0 Å². The quantitative estimate of drug-likeness (QED) is 0.515. The number of hydrogen-bond donors (Lipinski definition) is 2. The second kappa shape index (κ2) is 12.1. The number of urea groups is 2. The third-order valence-corrected chi connectivity index (χ3v) is 6.59. The molecule has 38 heavy (non-hydrogen) atoms. The van der Waals surface area contributed by atoms with E-state index < -0.39 is 29.8 Å². The molecule has 9 nitrogen and oxygen atoms in total. The smallest absolute Gasteiger partial charge is 0.416 e. The molecule has 4 amide bonds. The van der Waals surface area contributed by atoms with Crippen molar-refractivity contribution >= 4 is 18.0 Å². The molecule has 2 aliphatic heterocycles. The minimum Gasteiger partial charge on any atom is -0.463 e. The van der Waals surface area contributed by atoms with Crippen LogP contribution in [0.5, 0.6) is 0 Å². The molecule has 1 aromatic rings. The summed E-state index contributed by atoms with van der Waals surface area (Å²) >= 11 is 0. The van der Waals surface area contributed by atoms with Crippen molar-refractivity contribution in [3.05, 3.63) is 46.7 Å². The van der Waals surface area contributed by atoms with Gasteiger partial charge in [-0.05, 0) is 46.2 Å². The van der Waals surface area contributed by atoms with E-state index in [4.69, 9.17) is 4.74 Å². The fraction of sp³-hybridized carbons (Fsp3) is 0.577. The molecule has 3 rings (SSSR count). The second-order valence-electron chi connectivity index (χ2n) is 9.67. The summed E-state index contributed by atoms with van der Waals surface area (Å²) in [6.45, 7) is 10.7. The van der Waals surface area contributed by atoms with Crippen molar-refractivity contribution in [2.24, 2.45) is 0 Å². The highest BCUT2D eigenvalue weighted by molar-refractivity contribution is 5.95. The van der Waals surface area contributed by atoms with Crippen molar-refractivity contribution in [3.63, 3.8) is 0 Å². The van der Waals surface area contributed by atoms with Crippen LogP contribution >= 0.6 is 0 Å². The van der Waals surface area contributed by atoms with E-state index in [-0.39, 0.29) is 48.9 Å². The average Bonchev–Trinajstić information content (AvgIpc) is 2.83. The van der Waals surface area contributed by atoms with Gasteiger partial charge in [-0.15, -0.1) is 0 Å². The van der Waals surface area contributed by atoms with Crippen LogP contribution in [0.2, 0.25) is 0 Å². The van der Waals surface area contributed by atoms with E-state index in [1.165, 1.54) is 23.1 Å². The number of likely N-dealkylation sites (N-methyl/N-ethyl adjacent to an activating group) is 1. The normalized spacial score (nSPS) is 21.0. The lowest BCUT2D eigenvalue weighted by atomic mass is 9.90. The lowest BCUT2D eigenvalue weighted by Crippen LogP contribution is -2.58. The minimum atomic E-state index is -4.69. The number of alkyl halides is 3. The molecule has 0 aliphatic carbocycles. The Hall–Kier alpha value is -3.28. The van der Waals surface area contributed by atoms with E-state index in [1.54, 1.807) is 18.7 Å². The number of amides is 4. The van der Waals surface area contributed by atoms with Gasteiger partial charge in [0, 0.05) is 50.5 Å². The summed E-state index contributed by atoms with van der Waals surface area (Å²) in [5.74, 6) is -0.786. The summed E-state index contributed by atoms with van der Waals surface area (Å²) < 4.78 is 47.0. The zero-order chi connectivity index (χ0) is 28.2. The number of piperazine rings is 1. The van der Waals surface area contributed by atoms with Gasteiger partial charge in [-0.2, -0.15) is 13.2 Å². The molecule has 2 aliphatic rings. The van der Waals surface area contributed by atoms with Gasteiger partial charge in [-0.1, -0.05) is 18.2 Å². The van der Waals surface area contributed by atoms with Gasteiger partial charge in [0.2, 0.25) is 0 Å². The monoisotopic (exact) mass is 539 g/mol. The van der Waals surface area contributed by atoms with Crippen LogP contribution in [0.1, 0.15) is 51.8 Å². The predicted octanol–water partition coefficient (Wildman–Crippen LogP) is 3.73. The van der Waals surface area contributed by atoms with Gasteiger partial charge >= 0.3 is 24.2 Å². The van der Waals surface area contributed by atoms with Crippen LogP contribution in [0.15, 0.2) is 35.5 Å². The highest BCUT2D eigenvalue weighted by atomic mass is 19.4. The van der Waals surface area contributed by atoms with Gasteiger partial charge in [0.05, 0.1) is 23.8 Å². The Bertz CT molecular complexity index is 1080. The van der Waals surface area contributed by atoms with E-state index in [0.29, 0.717) is 25.3 Å². The Morgan fingerprint density at radius 3 is 2.45 bits per heavy atom. The predicted molar refractivity (Wildman–Crippen MR) is 135 cm³/mol. The second-order valence-corrected chi connectivity index (χ2v) is 9.67. The number of carbonyl (C=O) groups excluding carboxylic acids is 3. The molecular formula is C26H36F3N5O4. The van der Waals surface area contributed by atoms with E-state index in [1.807, 2.05) is 25.7 Å². The Balaban J connectivity index is 2.03. The number of nitrogens with zero attached hydrogens (tertiary/aromatic N) is 3. The zero-order valence-corrected chi connectivity index (χ0v) is 22.4. The summed E-state index contributed by atoms with van der Waals surface area (Å²) in [6, 6.07) is 2.61. The first-order valence-corrected chi connectivity index (χ1v) is 12.8. The number of benzene rings is 1. The molecular weight excluding hydrogens is 503 g/mol. The molecule has 2 N–H and O–H groups in total. The summed E-state index contributed by atoms with van der Waals surface area (Å²) in [5, 5.41) is 5.48. The van der Waals surface area contributed by atoms with E-state index in [0.717, 1.165) is 6.07 Å². The maximum atomic E-state index is 13.9. The zero-order valence-electron chi connectivity index (χ0n) is 22.4. The first-order chi connectivity index (χ1) is 17.9. The Kier molecular flexibility index (Phi) is 9.29. The molecule has 0 unspecified atom stereocenters. The lowest BCUT2D eigenvalue weighted by molar-refractivity contribution is -0.141.